The fourth-order valence-electron chi connectivity index (χ4n) is 1.77. The number of fused-ring (bicyclic) bond motifs is 1. The smallest absolute Gasteiger partial charge is 0.0635 e. The van der Waals surface area contributed by atoms with Crippen LogP contribution in [0.1, 0.15) is 17.5 Å². The van der Waals surface area contributed by atoms with Crippen molar-refractivity contribution in [2.24, 2.45) is 0 Å². The van der Waals surface area contributed by atoms with Gasteiger partial charge in [-0.2, -0.15) is 5.26 Å². The summed E-state index contributed by atoms with van der Waals surface area (Å²) >= 11 is 0. The van der Waals surface area contributed by atoms with E-state index in [0.29, 0.717) is 6.42 Å². The SMILES string of the molecule is N#CCCN1Cc2ccccc2C1. The van der Waals surface area contributed by atoms with Gasteiger partial charge >= 0.3 is 0 Å². The Morgan fingerprint density at radius 1 is 1.23 bits per heavy atom. The number of nitrogens with zero attached hydrogens (tertiary/aromatic N) is 2. The van der Waals surface area contributed by atoms with E-state index in [0.717, 1.165) is 19.6 Å². The van der Waals surface area contributed by atoms with E-state index in [1.54, 1.807) is 0 Å². The van der Waals surface area contributed by atoms with Gasteiger partial charge in [0.1, 0.15) is 0 Å². The van der Waals surface area contributed by atoms with E-state index in [1.807, 2.05) is 0 Å². The van der Waals surface area contributed by atoms with Crippen molar-refractivity contribution in [2.75, 3.05) is 6.54 Å². The molecule has 0 aliphatic carbocycles. The molecule has 0 bridgehead atoms. The lowest BCUT2D eigenvalue weighted by Crippen LogP contribution is -2.16. The van der Waals surface area contributed by atoms with Crippen molar-refractivity contribution < 1.29 is 0 Å². The van der Waals surface area contributed by atoms with Gasteiger partial charge in [0, 0.05) is 26.1 Å². The van der Waals surface area contributed by atoms with Crippen molar-refractivity contribution in [1.82, 2.24) is 4.90 Å². The number of hydrogen-bond acceptors (Lipinski definition) is 2. The van der Waals surface area contributed by atoms with Crippen LogP contribution in [0, 0.1) is 11.3 Å². The van der Waals surface area contributed by atoms with Crippen LogP contribution in [-0.2, 0) is 13.1 Å². The van der Waals surface area contributed by atoms with Gasteiger partial charge in [0.15, 0.2) is 0 Å². The molecule has 0 unspecified atom stereocenters. The molecule has 0 aromatic heterocycles. The molecule has 2 heteroatoms. The van der Waals surface area contributed by atoms with Gasteiger partial charge in [-0.25, -0.2) is 0 Å². The Morgan fingerprint density at radius 2 is 1.85 bits per heavy atom. The first kappa shape index (κ1) is 8.28. The zero-order valence-corrected chi connectivity index (χ0v) is 7.53. The molecule has 1 aromatic carbocycles. The molecule has 13 heavy (non-hydrogen) atoms. The summed E-state index contributed by atoms with van der Waals surface area (Å²) in [5, 5.41) is 8.47. The van der Waals surface area contributed by atoms with Gasteiger partial charge in [-0.1, -0.05) is 24.3 Å². The highest BCUT2D eigenvalue weighted by Gasteiger charge is 2.16. The Kier molecular flexibility index (Phi) is 2.29. The number of rotatable bonds is 2. The van der Waals surface area contributed by atoms with Gasteiger partial charge in [-0.05, 0) is 11.1 Å². The van der Waals surface area contributed by atoms with E-state index in [2.05, 4.69) is 35.2 Å². The molecule has 0 fully saturated rings. The molecule has 0 radical (unpaired) electrons. The van der Waals surface area contributed by atoms with Crippen LogP contribution in [0.4, 0.5) is 0 Å². The highest BCUT2D eigenvalue weighted by Crippen LogP contribution is 2.21. The fraction of sp³-hybridized carbons (Fsp3) is 0.364. The van der Waals surface area contributed by atoms with Crippen LogP contribution in [0.5, 0.6) is 0 Å². The van der Waals surface area contributed by atoms with E-state index < -0.39 is 0 Å². The molecule has 1 aliphatic rings. The molecular weight excluding hydrogens is 160 g/mol. The second-order valence-corrected chi connectivity index (χ2v) is 3.39. The van der Waals surface area contributed by atoms with Crippen molar-refractivity contribution in [3.8, 4) is 6.07 Å². The van der Waals surface area contributed by atoms with Crippen molar-refractivity contribution in [1.29, 1.82) is 5.26 Å². The van der Waals surface area contributed by atoms with Crippen LogP contribution < -0.4 is 0 Å². The Bertz CT molecular complexity index is 313. The molecule has 1 aromatic rings. The first-order valence-corrected chi connectivity index (χ1v) is 4.56. The molecule has 1 heterocycles. The summed E-state index contributed by atoms with van der Waals surface area (Å²) in [6.45, 7) is 2.92. The van der Waals surface area contributed by atoms with Crippen LogP contribution in [0.3, 0.4) is 0 Å². The quantitative estimate of drug-likeness (QED) is 0.681. The zero-order chi connectivity index (χ0) is 9.10. The number of nitriles is 1. The summed E-state index contributed by atoms with van der Waals surface area (Å²) in [6.07, 6.45) is 0.633. The number of benzene rings is 1. The minimum absolute atomic E-state index is 0.633. The first-order valence-electron chi connectivity index (χ1n) is 4.56. The third kappa shape index (κ3) is 1.71. The van der Waals surface area contributed by atoms with Crippen molar-refractivity contribution in [2.45, 2.75) is 19.5 Å². The minimum atomic E-state index is 0.633. The summed E-state index contributed by atoms with van der Waals surface area (Å²) in [6, 6.07) is 10.7. The molecule has 2 nitrogen and oxygen atoms in total. The predicted molar refractivity (Wildman–Crippen MR) is 50.8 cm³/mol. The van der Waals surface area contributed by atoms with Crippen LogP contribution >= 0.6 is 0 Å². The van der Waals surface area contributed by atoms with Gasteiger partial charge in [0.25, 0.3) is 0 Å². The van der Waals surface area contributed by atoms with Gasteiger partial charge in [0.05, 0.1) is 6.07 Å². The molecular formula is C11H12N2. The minimum Gasteiger partial charge on any atom is -0.294 e. The summed E-state index contributed by atoms with van der Waals surface area (Å²) in [5.41, 5.74) is 2.83. The Hall–Kier alpha value is -1.33. The summed E-state index contributed by atoms with van der Waals surface area (Å²) in [5.74, 6) is 0. The molecule has 0 spiro atoms. The van der Waals surface area contributed by atoms with Gasteiger partial charge < -0.3 is 0 Å². The number of hydrogen-bond donors (Lipinski definition) is 0. The molecule has 66 valence electrons. The van der Waals surface area contributed by atoms with E-state index >= 15 is 0 Å². The van der Waals surface area contributed by atoms with E-state index in [1.165, 1.54) is 11.1 Å². The van der Waals surface area contributed by atoms with Gasteiger partial charge in [-0.15, -0.1) is 0 Å². The van der Waals surface area contributed by atoms with Crippen molar-refractivity contribution in [3.63, 3.8) is 0 Å². The third-order valence-electron chi connectivity index (χ3n) is 2.45. The zero-order valence-electron chi connectivity index (χ0n) is 7.53. The second-order valence-electron chi connectivity index (χ2n) is 3.39. The highest BCUT2D eigenvalue weighted by atomic mass is 15.1. The maximum absolute atomic E-state index is 8.47. The predicted octanol–water partition coefficient (Wildman–Crippen LogP) is 1.92. The lowest BCUT2D eigenvalue weighted by molar-refractivity contribution is 0.291. The molecule has 0 amide bonds. The third-order valence-corrected chi connectivity index (χ3v) is 2.45. The summed E-state index contributed by atoms with van der Waals surface area (Å²) in [4.78, 5) is 2.31. The maximum atomic E-state index is 8.47. The van der Waals surface area contributed by atoms with Crippen LogP contribution in [0.25, 0.3) is 0 Å². The average Bonchev–Trinajstić information content (AvgIpc) is 2.57. The topological polar surface area (TPSA) is 27.0 Å². The molecule has 2 rings (SSSR count). The van der Waals surface area contributed by atoms with Crippen LogP contribution in [-0.4, -0.2) is 11.4 Å². The highest BCUT2D eigenvalue weighted by molar-refractivity contribution is 5.30. The second kappa shape index (κ2) is 3.59. The fourth-order valence-corrected chi connectivity index (χ4v) is 1.77. The van der Waals surface area contributed by atoms with E-state index in [9.17, 15) is 0 Å². The van der Waals surface area contributed by atoms with Crippen LogP contribution in [0.2, 0.25) is 0 Å². The Labute approximate surface area is 78.4 Å². The largest absolute Gasteiger partial charge is 0.294 e. The lowest BCUT2D eigenvalue weighted by Gasteiger charge is -2.11. The van der Waals surface area contributed by atoms with Crippen LogP contribution in [0.15, 0.2) is 24.3 Å². The molecule has 0 saturated heterocycles. The standard InChI is InChI=1S/C11H12N2/c12-6-3-7-13-8-10-4-1-2-5-11(10)9-13/h1-2,4-5H,3,7-9H2. The van der Waals surface area contributed by atoms with E-state index in [4.69, 9.17) is 5.26 Å². The van der Waals surface area contributed by atoms with Gasteiger partial charge in [-0.3, -0.25) is 4.90 Å². The molecule has 0 N–H and O–H groups in total. The summed E-state index contributed by atoms with van der Waals surface area (Å²) < 4.78 is 0. The van der Waals surface area contributed by atoms with E-state index in [-0.39, 0.29) is 0 Å². The lowest BCUT2D eigenvalue weighted by atomic mass is 10.1. The Morgan fingerprint density at radius 3 is 2.38 bits per heavy atom. The van der Waals surface area contributed by atoms with Crippen molar-refractivity contribution >= 4 is 0 Å². The monoisotopic (exact) mass is 172 g/mol. The normalized spacial score (nSPS) is 15.3. The molecule has 1 aliphatic heterocycles. The first-order chi connectivity index (χ1) is 6.40. The van der Waals surface area contributed by atoms with Gasteiger partial charge in [0.2, 0.25) is 0 Å². The Balaban J connectivity index is 2.02. The summed E-state index contributed by atoms with van der Waals surface area (Å²) in [7, 11) is 0. The molecule has 0 saturated carbocycles. The van der Waals surface area contributed by atoms with Crippen molar-refractivity contribution in [3.05, 3.63) is 35.4 Å². The average molecular weight is 172 g/mol. The molecule has 0 atom stereocenters. The maximum Gasteiger partial charge on any atom is 0.0635 e.